The molecule has 0 unspecified atom stereocenters. The zero-order chi connectivity index (χ0) is 18.8. The highest BCUT2D eigenvalue weighted by Gasteiger charge is 2.15. The van der Waals surface area contributed by atoms with Crippen LogP contribution < -0.4 is 11.1 Å². The first-order valence-corrected chi connectivity index (χ1v) is 8.29. The van der Waals surface area contributed by atoms with Crippen molar-refractivity contribution in [3.63, 3.8) is 0 Å². The van der Waals surface area contributed by atoms with Crippen molar-refractivity contribution in [1.82, 2.24) is 9.88 Å². The predicted octanol–water partition coefficient (Wildman–Crippen LogP) is 3.30. The van der Waals surface area contributed by atoms with Crippen LogP contribution in [0.5, 0.6) is 0 Å². The summed E-state index contributed by atoms with van der Waals surface area (Å²) in [7, 11) is 0. The van der Waals surface area contributed by atoms with E-state index in [-0.39, 0.29) is 19.0 Å². The summed E-state index contributed by atoms with van der Waals surface area (Å²) in [5.74, 6) is -0.712. The quantitative estimate of drug-likeness (QED) is 0.588. The second kappa shape index (κ2) is 6.95. The van der Waals surface area contributed by atoms with E-state index in [1.54, 1.807) is 48.5 Å². The summed E-state index contributed by atoms with van der Waals surface area (Å²) in [6.45, 7) is 0.257. The number of nitrogens with one attached hydrogen (secondary N) is 1. The molecule has 0 aliphatic heterocycles. The van der Waals surface area contributed by atoms with Gasteiger partial charge in [0, 0.05) is 11.1 Å². The number of aromatic nitrogens is 1. The van der Waals surface area contributed by atoms with Crippen molar-refractivity contribution in [3.05, 3.63) is 94.1 Å². The average Bonchev–Trinajstić information content (AvgIpc) is 3.29. The molecule has 4 rings (SSSR count). The maximum atomic E-state index is 13.9. The second-order valence-electron chi connectivity index (χ2n) is 5.99. The zero-order valence-corrected chi connectivity index (χ0v) is 14.1. The van der Waals surface area contributed by atoms with Crippen molar-refractivity contribution in [2.24, 2.45) is 0 Å². The van der Waals surface area contributed by atoms with E-state index < -0.39 is 11.6 Å². The molecule has 0 atom stereocenters. The van der Waals surface area contributed by atoms with E-state index in [4.69, 9.17) is 8.83 Å². The Morgan fingerprint density at radius 3 is 2.74 bits per heavy atom. The molecule has 136 valence electrons. The largest absolute Gasteiger partial charge is 0.467 e. The van der Waals surface area contributed by atoms with E-state index in [0.29, 0.717) is 28.0 Å². The molecule has 0 radical (unpaired) electrons. The molecule has 2 aromatic heterocycles. The van der Waals surface area contributed by atoms with Crippen molar-refractivity contribution in [2.75, 3.05) is 0 Å². The summed E-state index contributed by atoms with van der Waals surface area (Å²) in [6.07, 6.45) is 1.53. The first-order chi connectivity index (χ1) is 13.1. The van der Waals surface area contributed by atoms with Gasteiger partial charge < -0.3 is 14.2 Å². The lowest BCUT2D eigenvalue weighted by Crippen LogP contribution is -2.22. The zero-order valence-electron chi connectivity index (χ0n) is 14.1. The molecule has 27 heavy (non-hydrogen) atoms. The minimum absolute atomic E-state index is 0.00990. The highest BCUT2D eigenvalue weighted by molar-refractivity contribution is 5.97. The number of benzene rings is 2. The van der Waals surface area contributed by atoms with E-state index in [9.17, 15) is 14.0 Å². The molecule has 2 aromatic carbocycles. The first kappa shape index (κ1) is 16.8. The van der Waals surface area contributed by atoms with Gasteiger partial charge in [0.2, 0.25) is 0 Å². The lowest BCUT2D eigenvalue weighted by molar-refractivity contribution is 0.0948. The molecule has 6 nitrogen and oxygen atoms in total. The Labute approximate surface area is 152 Å². The Balaban J connectivity index is 1.64. The summed E-state index contributed by atoms with van der Waals surface area (Å²) in [5, 5.41) is 2.74. The number of hydrogen-bond donors (Lipinski definition) is 1. The van der Waals surface area contributed by atoms with E-state index in [1.165, 1.54) is 16.9 Å². The third-order valence-corrected chi connectivity index (χ3v) is 4.22. The molecule has 4 aromatic rings. The van der Waals surface area contributed by atoms with Crippen molar-refractivity contribution in [1.29, 1.82) is 0 Å². The molecule has 0 saturated heterocycles. The van der Waals surface area contributed by atoms with E-state index >= 15 is 0 Å². The van der Waals surface area contributed by atoms with Crippen molar-refractivity contribution < 1.29 is 18.0 Å². The van der Waals surface area contributed by atoms with Crippen LogP contribution in [0.15, 0.2) is 74.5 Å². The summed E-state index contributed by atoms with van der Waals surface area (Å²) in [5.41, 5.74) is 1.47. The number of carbonyl (C=O) groups is 1. The van der Waals surface area contributed by atoms with E-state index in [1.807, 2.05) is 0 Å². The summed E-state index contributed by atoms with van der Waals surface area (Å²) < 4.78 is 25.6. The fourth-order valence-corrected chi connectivity index (χ4v) is 2.83. The maximum absolute atomic E-state index is 13.9. The SMILES string of the molecule is O=C(NCc1ccco1)c1ccc2oc(=O)n(Cc3ccccc3F)c2c1. The fraction of sp³-hybridized carbons (Fsp3) is 0.100. The molecule has 1 N–H and O–H groups in total. The third-order valence-electron chi connectivity index (χ3n) is 4.22. The van der Waals surface area contributed by atoms with Crippen LogP contribution in [-0.2, 0) is 13.1 Å². The van der Waals surface area contributed by atoms with Crippen LogP contribution in [0.25, 0.3) is 11.1 Å². The second-order valence-corrected chi connectivity index (χ2v) is 5.99. The van der Waals surface area contributed by atoms with E-state index in [0.717, 1.165) is 0 Å². The number of nitrogens with zero attached hydrogens (tertiary/aromatic N) is 1. The molecule has 0 spiro atoms. The molecule has 0 aliphatic carbocycles. The van der Waals surface area contributed by atoms with Gasteiger partial charge in [0.05, 0.1) is 24.9 Å². The van der Waals surface area contributed by atoms with Gasteiger partial charge in [0.15, 0.2) is 5.58 Å². The fourth-order valence-electron chi connectivity index (χ4n) is 2.83. The van der Waals surface area contributed by atoms with Crippen LogP contribution in [0, 0.1) is 5.82 Å². The minimum atomic E-state index is -0.610. The average molecular weight is 366 g/mol. The minimum Gasteiger partial charge on any atom is -0.467 e. The number of oxazole rings is 1. The number of amides is 1. The Hall–Kier alpha value is -3.61. The van der Waals surface area contributed by atoms with Gasteiger partial charge in [-0.05, 0) is 36.4 Å². The molecular weight excluding hydrogens is 351 g/mol. The Kier molecular flexibility index (Phi) is 4.33. The molecule has 7 heteroatoms. The van der Waals surface area contributed by atoms with Crippen LogP contribution in [-0.4, -0.2) is 10.5 Å². The number of furan rings is 1. The molecular formula is C20H15FN2O4. The van der Waals surface area contributed by atoms with Crippen LogP contribution >= 0.6 is 0 Å². The molecule has 0 fully saturated rings. The summed E-state index contributed by atoms with van der Waals surface area (Å²) in [6, 6.07) is 14.4. The number of hydrogen-bond acceptors (Lipinski definition) is 4. The van der Waals surface area contributed by atoms with Crippen LogP contribution in [0.2, 0.25) is 0 Å². The topological polar surface area (TPSA) is 77.4 Å². The van der Waals surface area contributed by atoms with Crippen molar-refractivity contribution >= 4 is 17.0 Å². The summed E-state index contributed by atoms with van der Waals surface area (Å²) in [4.78, 5) is 24.6. The molecule has 0 saturated carbocycles. The standard InChI is InChI=1S/C20H15FN2O4/c21-16-6-2-1-4-14(16)12-23-17-10-13(7-8-18(17)27-20(23)25)19(24)22-11-15-5-3-9-26-15/h1-10H,11-12H2,(H,22,24). The normalized spacial score (nSPS) is 11.0. The van der Waals surface area contributed by atoms with Gasteiger partial charge in [-0.3, -0.25) is 9.36 Å². The predicted molar refractivity (Wildman–Crippen MR) is 95.9 cm³/mol. The van der Waals surface area contributed by atoms with Gasteiger partial charge in [0.25, 0.3) is 5.91 Å². The lowest BCUT2D eigenvalue weighted by atomic mass is 10.1. The van der Waals surface area contributed by atoms with Gasteiger partial charge in [-0.2, -0.15) is 0 Å². The van der Waals surface area contributed by atoms with E-state index in [2.05, 4.69) is 5.32 Å². The number of rotatable bonds is 5. The maximum Gasteiger partial charge on any atom is 0.420 e. The van der Waals surface area contributed by atoms with Crippen molar-refractivity contribution in [3.8, 4) is 0 Å². The summed E-state index contributed by atoms with van der Waals surface area (Å²) >= 11 is 0. The molecule has 0 bridgehead atoms. The highest BCUT2D eigenvalue weighted by Crippen LogP contribution is 2.18. The van der Waals surface area contributed by atoms with Gasteiger partial charge in [-0.15, -0.1) is 0 Å². The first-order valence-electron chi connectivity index (χ1n) is 8.29. The van der Waals surface area contributed by atoms with Crippen LogP contribution in [0.4, 0.5) is 4.39 Å². The molecule has 1 amide bonds. The number of fused-ring (bicyclic) bond motifs is 1. The Bertz CT molecular complexity index is 1160. The van der Waals surface area contributed by atoms with Crippen LogP contribution in [0.3, 0.4) is 0 Å². The lowest BCUT2D eigenvalue weighted by Gasteiger charge is -2.06. The number of halogens is 1. The van der Waals surface area contributed by atoms with Crippen LogP contribution in [0.1, 0.15) is 21.7 Å². The number of carbonyl (C=O) groups excluding carboxylic acids is 1. The Morgan fingerprint density at radius 1 is 1.11 bits per heavy atom. The van der Waals surface area contributed by atoms with Gasteiger partial charge in [-0.25, -0.2) is 9.18 Å². The molecule has 0 aliphatic rings. The highest BCUT2D eigenvalue weighted by atomic mass is 19.1. The monoisotopic (exact) mass is 366 g/mol. The van der Waals surface area contributed by atoms with Gasteiger partial charge in [-0.1, -0.05) is 18.2 Å². The third kappa shape index (κ3) is 3.39. The van der Waals surface area contributed by atoms with Gasteiger partial charge >= 0.3 is 5.76 Å². The Morgan fingerprint density at radius 2 is 1.96 bits per heavy atom. The van der Waals surface area contributed by atoms with Crippen molar-refractivity contribution in [2.45, 2.75) is 13.1 Å². The molecule has 2 heterocycles. The smallest absolute Gasteiger partial charge is 0.420 e. The van der Waals surface area contributed by atoms with Gasteiger partial charge in [0.1, 0.15) is 11.6 Å².